The number of carboxylic acid groups (broad SMARTS) is 2. The van der Waals surface area contributed by atoms with Crippen molar-refractivity contribution in [2.45, 2.75) is 18.4 Å². The molecule has 8 nitrogen and oxygen atoms in total. The summed E-state index contributed by atoms with van der Waals surface area (Å²) < 4.78 is 1.20. The van der Waals surface area contributed by atoms with E-state index in [4.69, 9.17) is 0 Å². The molecule has 11 heteroatoms. The van der Waals surface area contributed by atoms with Crippen molar-refractivity contribution in [3.05, 3.63) is 56.5 Å². The number of halogens is 2. The van der Waals surface area contributed by atoms with Gasteiger partial charge in [-0.05, 0) is 47.5 Å². The maximum Gasteiger partial charge on any atom is 2.00 e. The number of aliphatic imine (C=N–C) groups is 1. The molecule has 2 aromatic rings. The number of carbonyl (C=O) groups is 2. The van der Waals surface area contributed by atoms with Crippen LogP contribution in [-0.4, -0.2) is 51.5 Å². The zero-order valence-electron chi connectivity index (χ0n) is 15.8. The number of amidine groups is 1. The average molecular weight is 596 g/mol. The van der Waals surface area contributed by atoms with E-state index in [1.54, 1.807) is 24.3 Å². The number of aliphatic carboxylic acids is 2. The Hall–Kier alpha value is -2.07. The fourth-order valence-corrected chi connectivity index (χ4v) is 4.38. The van der Waals surface area contributed by atoms with Crippen LogP contribution in [0.5, 0.6) is 11.5 Å². The van der Waals surface area contributed by atoms with Crippen LogP contribution in [0.1, 0.15) is 11.1 Å². The second kappa shape index (κ2) is 10.0. The van der Waals surface area contributed by atoms with E-state index in [0.717, 1.165) is 4.90 Å². The standard InChI is InChI=1S/C20H18Br2N2O6.Fe/c21-13-1-3-15(25)11(7-13)9-20(19(29)30,24-6-5-23-17(24)18(27)28)10-12-8-14(22)2-4-16(12)26;/h1-4,7-8,25-26H,5-6,9-10H2,(H,27,28)(H,29,30);/q;+2/p-2. The molecule has 31 heavy (non-hydrogen) atoms. The number of hydrogen-bond donors (Lipinski definition) is 2. The number of benzene rings is 2. The quantitative estimate of drug-likeness (QED) is 0.441. The average Bonchev–Trinajstić information content (AvgIpc) is 3.17. The normalized spacial score (nSPS) is 13.5. The monoisotopic (exact) mass is 594 g/mol. The topological polar surface area (TPSA) is 136 Å². The second-order valence-electron chi connectivity index (χ2n) is 6.86. The SMILES string of the molecule is O=C([O-])C1=NCCN1C(Cc1cc(Br)ccc1O)(Cc1cc(Br)ccc1O)C(=O)[O-].[Fe+2]. The van der Waals surface area contributed by atoms with Gasteiger partial charge in [0, 0.05) is 28.3 Å². The van der Waals surface area contributed by atoms with Crippen molar-refractivity contribution in [2.75, 3.05) is 13.1 Å². The molecule has 164 valence electrons. The zero-order chi connectivity index (χ0) is 22.1. The van der Waals surface area contributed by atoms with Crippen LogP contribution in [-0.2, 0) is 39.5 Å². The van der Waals surface area contributed by atoms with Crippen molar-refractivity contribution in [1.29, 1.82) is 0 Å². The number of carboxylic acids is 2. The predicted octanol–water partition coefficient (Wildman–Crippen LogP) is 0.358. The molecule has 1 heterocycles. The number of aromatic hydroxyl groups is 2. The van der Waals surface area contributed by atoms with Crippen molar-refractivity contribution in [3.8, 4) is 11.5 Å². The van der Waals surface area contributed by atoms with Crippen molar-refractivity contribution in [1.82, 2.24) is 4.90 Å². The van der Waals surface area contributed by atoms with E-state index in [-0.39, 0.29) is 65.6 Å². The van der Waals surface area contributed by atoms with Crippen LogP contribution < -0.4 is 10.2 Å². The first-order valence-corrected chi connectivity index (χ1v) is 10.4. The zero-order valence-corrected chi connectivity index (χ0v) is 20.1. The summed E-state index contributed by atoms with van der Waals surface area (Å²) >= 11 is 6.57. The molecule has 0 amide bonds. The first-order valence-electron chi connectivity index (χ1n) is 8.84. The summed E-state index contributed by atoms with van der Waals surface area (Å²) in [5.74, 6) is -4.02. The number of phenols is 2. The Bertz CT molecular complexity index is 993. The van der Waals surface area contributed by atoms with Gasteiger partial charge in [0.1, 0.15) is 23.3 Å². The first kappa shape index (κ1) is 25.2. The molecule has 0 saturated heterocycles. The minimum atomic E-state index is -1.97. The Labute approximate surface area is 205 Å². The van der Waals surface area contributed by atoms with Crippen LogP contribution >= 0.6 is 31.9 Å². The van der Waals surface area contributed by atoms with Crippen LogP contribution in [0.4, 0.5) is 0 Å². The molecule has 3 rings (SSSR count). The molecular weight excluding hydrogens is 580 g/mol. The van der Waals surface area contributed by atoms with Gasteiger partial charge < -0.3 is 34.9 Å². The Balaban J connectivity index is 0.00000341. The summed E-state index contributed by atoms with van der Waals surface area (Å²) in [6.45, 7) is 0.0636. The third-order valence-electron chi connectivity index (χ3n) is 4.97. The Kier molecular flexibility index (Phi) is 8.15. The van der Waals surface area contributed by atoms with Crippen molar-refractivity contribution in [2.24, 2.45) is 4.99 Å². The molecule has 0 atom stereocenters. The Morgan fingerprint density at radius 3 is 1.90 bits per heavy atom. The number of nitrogens with zero attached hydrogens (tertiary/aromatic N) is 2. The van der Waals surface area contributed by atoms with E-state index in [9.17, 15) is 30.0 Å². The molecule has 0 aromatic heterocycles. The molecule has 0 unspecified atom stereocenters. The number of rotatable bonds is 7. The van der Waals surface area contributed by atoms with E-state index in [1.165, 1.54) is 12.1 Å². The molecule has 0 aliphatic carbocycles. The Morgan fingerprint density at radius 2 is 1.48 bits per heavy atom. The van der Waals surface area contributed by atoms with Gasteiger partial charge in [-0.15, -0.1) is 0 Å². The summed E-state index contributed by atoms with van der Waals surface area (Å²) in [6.07, 6.45) is -0.613. The van der Waals surface area contributed by atoms with Gasteiger partial charge in [0.15, 0.2) is 0 Å². The molecule has 0 saturated carbocycles. The second-order valence-corrected chi connectivity index (χ2v) is 8.69. The van der Waals surface area contributed by atoms with E-state index in [2.05, 4.69) is 36.9 Å². The van der Waals surface area contributed by atoms with E-state index < -0.39 is 23.3 Å². The molecular formula is C20H16Br2FeN2O6. The van der Waals surface area contributed by atoms with Gasteiger partial charge in [-0.3, -0.25) is 4.99 Å². The largest absolute Gasteiger partial charge is 2.00 e. The minimum Gasteiger partial charge on any atom is -0.548 e. The van der Waals surface area contributed by atoms with Crippen LogP contribution in [0.2, 0.25) is 0 Å². The first-order chi connectivity index (χ1) is 14.1. The van der Waals surface area contributed by atoms with E-state index >= 15 is 0 Å². The van der Waals surface area contributed by atoms with Gasteiger partial charge >= 0.3 is 17.1 Å². The van der Waals surface area contributed by atoms with Crippen molar-refractivity contribution in [3.63, 3.8) is 0 Å². The van der Waals surface area contributed by atoms with Crippen LogP contribution in [0.25, 0.3) is 0 Å². The molecule has 0 fully saturated rings. The van der Waals surface area contributed by atoms with Crippen LogP contribution in [0.3, 0.4) is 0 Å². The van der Waals surface area contributed by atoms with Gasteiger partial charge in [-0.1, -0.05) is 31.9 Å². The van der Waals surface area contributed by atoms with Gasteiger partial charge in [0.25, 0.3) is 0 Å². The molecule has 1 aliphatic heterocycles. The Morgan fingerprint density at radius 1 is 1.00 bits per heavy atom. The third-order valence-corrected chi connectivity index (χ3v) is 5.96. The van der Waals surface area contributed by atoms with Gasteiger partial charge in [-0.2, -0.15) is 0 Å². The predicted molar refractivity (Wildman–Crippen MR) is 111 cm³/mol. The fourth-order valence-electron chi connectivity index (χ4n) is 3.57. The summed E-state index contributed by atoms with van der Waals surface area (Å²) in [5, 5.41) is 44.8. The number of carbonyl (C=O) groups excluding carboxylic acids is 2. The summed E-state index contributed by atoms with van der Waals surface area (Å²) in [5.41, 5.74) is -1.45. The molecule has 2 aromatic carbocycles. The number of phenolic OH excluding ortho intramolecular Hbond substituents is 2. The smallest absolute Gasteiger partial charge is 0.548 e. The molecule has 0 radical (unpaired) electrons. The summed E-state index contributed by atoms with van der Waals surface area (Å²) in [4.78, 5) is 29.2. The fraction of sp³-hybridized carbons (Fsp3) is 0.250. The van der Waals surface area contributed by atoms with Crippen LogP contribution in [0, 0.1) is 0 Å². The van der Waals surface area contributed by atoms with E-state index in [0.29, 0.717) is 8.95 Å². The molecule has 0 spiro atoms. The maximum absolute atomic E-state index is 12.6. The van der Waals surface area contributed by atoms with Crippen LogP contribution in [0.15, 0.2) is 50.3 Å². The molecule has 1 aliphatic rings. The molecule has 2 N–H and O–H groups in total. The summed E-state index contributed by atoms with van der Waals surface area (Å²) in [6, 6.07) is 9.05. The van der Waals surface area contributed by atoms with Crippen molar-refractivity contribution < 1.29 is 47.1 Å². The number of hydrogen-bond acceptors (Lipinski definition) is 8. The van der Waals surface area contributed by atoms with Crippen molar-refractivity contribution >= 4 is 49.6 Å². The van der Waals surface area contributed by atoms with E-state index in [1.807, 2.05) is 0 Å². The van der Waals surface area contributed by atoms with Gasteiger partial charge in [0.05, 0.1) is 18.1 Å². The van der Waals surface area contributed by atoms with Gasteiger partial charge in [0.2, 0.25) is 0 Å². The minimum absolute atomic E-state index is 0. The third kappa shape index (κ3) is 5.23. The maximum atomic E-state index is 12.6. The molecule has 0 bridgehead atoms. The summed E-state index contributed by atoms with van der Waals surface area (Å²) in [7, 11) is 0. The van der Waals surface area contributed by atoms with Gasteiger partial charge in [-0.25, -0.2) is 0 Å².